The van der Waals surface area contributed by atoms with Gasteiger partial charge in [-0.25, -0.2) is 0 Å². The zero-order valence-electron chi connectivity index (χ0n) is 8.89. The molecule has 0 spiro atoms. The van der Waals surface area contributed by atoms with Crippen LogP contribution in [0.1, 0.15) is 23.0 Å². The number of aryl methyl sites for hydroxylation is 2. The lowest BCUT2D eigenvalue weighted by Gasteiger charge is -2.22. The molecule has 3 N–H and O–H groups in total. The maximum absolute atomic E-state index is 5.73. The van der Waals surface area contributed by atoms with Crippen molar-refractivity contribution in [2.45, 2.75) is 19.9 Å². The van der Waals surface area contributed by atoms with Crippen molar-refractivity contribution in [2.75, 3.05) is 20.6 Å². The van der Waals surface area contributed by atoms with E-state index >= 15 is 0 Å². The van der Waals surface area contributed by atoms with E-state index in [1.807, 2.05) is 0 Å². The highest BCUT2D eigenvalue weighted by atomic mass is 15.1. The van der Waals surface area contributed by atoms with Crippen LogP contribution in [0.3, 0.4) is 0 Å². The number of H-pyrrole nitrogens is 1. The van der Waals surface area contributed by atoms with Crippen LogP contribution in [0.25, 0.3) is 0 Å². The highest BCUT2D eigenvalue weighted by molar-refractivity contribution is 5.27. The highest BCUT2D eigenvalue weighted by Crippen LogP contribution is 2.21. The predicted octanol–water partition coefficient (Wildman–Crippen LogP) is 1.19. The van der Waals surface area contributed by atoms with Gasteiger partial charge in [0.2, 0.25) is 0 Å². The molecule has 0 saturated heterocycles. The number of nitrogens with two attached hydrogens (primary N) is 1. The fourth-order valence-electron chi connectivity index (χ4n) is 1.71. The first-order valence-corrected chi connectivity index (χ1v) is 4.59. The van der Waals surface area contributed by atoms with Crippen molar-refractivity contribution in [3.8, 4) is 0 Å². The Morgan fingerprint density at radius 2 is 2.08 bits per heavy atom. The fraction of sp³-hybridized carbons (Fsp3) is 0.600. The average Bonchev–Trinajstić information content (AvgIpc) is 2.31. The molecule has 0 saturated carbocycles. The quantitative estimate of drug-likeness (QED) is 0.736. The molecule has 1 aromatic heterocycles. The molecule has 1 rings (SSSR count). The molecule has 0 aliphatic heterocycles. The summed E-state index contributed by atoms with van der Waals surface area (Å²) in [5.41, 5.74) is 9.46. The largest absolute Gasteiger partial charge is 0.362 e. The molecular weight excluding hydrogens is 162 g/mol. The first kappa shape index (κ1) is 10.3. The number of aromatic nitrogens is 1. The maximum Gasteiger partial charge on any atom is 0.0482 e. The molecule has 0 aromatic carbocycles. The van der Waals surface area contributed by atoms with Crippen LogP contribution in [0, 0.1) is 13.8 Å². The summed E-state index contributed by atoms with van der Waals surface area (Å²) < 4.78 is 0. The zero-order valence-corrected chi connectivity index (χ0v) is 8.89. The standard InChI is InChI=1S/C10H19N3/c1-7-5-9(8(2)12-7)10(6-11)13(3)4/h5,10,12H,6,11H2,1-4H3. The summed E-state index contributed by atoms with van der Waals surface area (Å²) in [6.07, 6.45) is 0. The summed E-state index contributed by atoms with van der Waals surface area (Å²) in [4.78, 5) is 5.44. The summed E-state index contributed by atoms with van der Waals surface area (Å²) in [6.45, 7) is 4.82. The van der Waals surface area contributed by atoms with Gasteiger partial charge in [-0.1, -0.05) is 0 Å². The Balaban J connectivity index is 2.97. The second kappa shape index (κ2) is 3.94. The van der Waals surface area contributed by atoms with Gasteiger partial charge in [-0.3, -0.25) is 0 Å². The monoisotopic (exact) mass is 181 g/mol. The van der Waals surface area contributed by atoms with E-state index in [-0.39, 0.29) is 0 Å². The van der Waals surface area contributed by atoms with Crippen molar-refractivity contribution in [2.24, 2.45) is 5.73 Å². The molecule has 0 radical (unpaired) electrons. The SMILES string of the molecule is Cc1cc(C(CN)N(C)C)c(C)[nH]1. The summed E-state index contributed by atoms with van der Waals surface area (Å²) in [5, 5.41) is 0. The molecular formula is C10H19N3. The summed E-state index contributed by atoms with van der Waals surface area (Å²) in [7, 11) is 4.11. The molecule has 0 aliphatic rings. The molecule has 3 nitrogen and oxygen atoms in total. The number of hydrogen-bond donors (Lipinski definition) is 2. The van der Waals surface area contributed by atoms with Crippen LogP contribution in [-0.4, -0.2) is 30.5 Å². The minimum absolute atomic E-state index is 0.324. The van der Waals surface area contributed by atoms with Crippen molar-refractivity contribution in [1.82, 2.24) is 9.88 Å². The predicted molar refractivity (Wildman–Crippen MR) is 55.7 cm³/mol. The molecule has 1 unspecified atom stereocenters. The highest BCUT2D eigenvalue weighted by Gasteiger charge is 2.15. The molecule has 0 bridgehead atoms. The van der Waals surface area contributed by atoms with Crippen LogP contribution >= 0.6 is 0 Å². The zero-order chi connectivity index (χ0) is 10.0. The van der Waals surface area contributed by atoms with Crippen LogP contribution in [0.15, 0.2) is 6.07 Å². The summed E-state index contributed by atoms with van der Waals surface area (Å²) in [5.74, 6) is 0. The van der Waals surface area contributed by atoms with E-state index in [0.29, 0.717) is 12.6 Å². The average molecular weight is 181 g/mol. The molecule has 74 valence electrons. The van der Waals surface area contributed by atoms with Gasteiger partial charge >= 0.3 is 0 Å². The van der Waals surface area contributed by atoms with Crippen molar-refractivity contribution >= 4 is 0 Å². The fourth-order valence-corrected chi connectivity index (χ4v) is 1.71. The van der Waals surface area contributed by atoms with E-state index in [4.69, 9.17) is 5.73 Å². The van der Waals surface area contributed by atoms with Crippen molar-refractivity contribution in [1.29, 1.82) is 0 Å². The Labute approximate surface area is 79.9 Å². The Morgan fingerprint density at radius 3 is 2.38 bits per heavy atom. The number of aromatic amines is 1. The minimum atomic E-state index is 0.324. The van der Waals surface area contributed by atoms with Crippen molar-refractivity contribution in [3.05, 3.63) is 23.0 Å². The van der Waals surface area contributed by atoms with E-state index in [2.05, 4.69) is 43.9 Å². The van der Waals surface area contributed by atoms with Gasteiger partial charge in [-0.05, 0) is 39.6 Å². The van der Waals surface area contributed by atoms with E-state index in [9.17, 15) is 0 Å². The van der Waals surface area contributed by atoms with Crippen molar-refractivity contribution < 1.29 is 0 Å². The second-order valence-electron chi connectivity index (χ2n) is 3.75. The van der Waals surface area contributed by atoms with Gasteiger partial charge in [-0.15, -0.1) is 0 Å². The van der Waals surface area contributed by atoms with Crippen LogP contribution in [0.4, 0.5) is 0 Å². The number of hydrogen-bond acceptors (Lipinski definition) is 2. The van der Waals surface area contributed by atoms with E-state index in [0.717, 1.165) is 0 Å². The van der Waals surface area contributed by atoms with Gasteiger partial charge in [0, 0.05) is 24.0 Å². The molecule has 13 heavy (non-hydrogen) atoms. The van der Waals surface area contributed by atoms with Gasteiger partial charge < -0.3 is 15.6 Å². The molecule has 0 fully saturated rings. The van der Waals surface area contributed by atoms with E-state index in [1.54, 1.807) is 0 Å². The summed E-state index contributed by atoms with van der Waals surface area (Å²) in [6, 6.07) is 2.50. The molecule has 1 aromatic rings. The van der Waals surface area contributed by atoms with Gasteiger partial charge in [0.15, 0.2) is 0 Å². The first-order valence-electron chi connectivity index (χ1n) is 4.59. The normalized spacial score (nSPS) is 13.7. The van der Waals surface area contributed by atoms with Crippen LogP contribution in [0.2, 0.25) is 0 Å². The second-order valence-corrected chi connectivity index (χ2v) is 3.75. The third kappa shape index (κ3) is 2.11. The Kier molecular flexibility index (Phi) is 3.12. The third-order valence-electron chi connectivity index (χ3n) is 2.40. The topological polar surface area (TPSA) is 45.0 Å². The van der Waals surface area contributed by atoms with Crippen LogP contribution in [0.5, 0.6) is 0 Å². The lowest BCUT2D eigenvalue weighted by Crippen LogP contribution is -2.27. The molecule has 0 aliphatic carbocycles. The van der Waals surface area contributed by atoms with Gasteiger partial charge in [0.25, 0.3) is 0 Å². The van der Waals surface area contributed by atoms with Crippen LogP contribution < -0.4 is 5.73 Å². The molecule has 3 heteroatoms. The Hall–Kier alpha value is -0.800. The minimum Gasteiger partial charge on any atom is -0.362 e. The summed E-state index contributed by atoms with van der Waals surface area (Å²) >= 11 is 0. The smallest absolute Gasteiger partial charge is 0.0482 e. The molecule has 1 atom stereocenters. The van der Waals surface area contributed by atoms with Gasteiger partial charge in [0.05, 0.1) is 0 Å². The Bertz CT molecular complexity index is 276. The molecule has 0 amide bonds. The van der Waals surface area contributed by atoms with Gasteiger partial charge in [-0.2, -0.15) is 0 Å². The Morgan fingerprint density at radius 1 is 1.46 bits per heavy atom. The van der Waals surface area contributed by atoms with E-state index in [1.165, 1.54) is 17.0 Å². The lowest BCUT2D eigenvalue weighted by molar-refractivity contribution is 0.305. The first-order chi connectivity index (χ1) is 6.06. The number of nitrogens with zero attached hydrogens (tertiary/aromatic N) is 1. The lowest BCUT2D eigenvalue weighted by atomic mass is 10.1. The van der Waals surface area contributed by atoms with Gasteiger partial charge in [0.1, 0.15) is 0 Å². The number of rotatable bonds is 3. The molecule has 1 heterocycles. The maximum atomic E-state index is 5.73. The number of likely N-dealkylation sites (N-methyl/N-ethyl adjacent to an activating group) is 1. The van der Waals surface area contributed by atoms with Crippen molar-refractivity contribution in [3.63, 3.8) is 0 Å². The van der Waals surface area contributed by atoms with Crippen LogP contribution in [-0.2, 0) is 0 Å². The number of nitrogens with one attached hydrogen (secondary N) is 1. The van der Waals surface area contributed by atoms with E-state index < -0.39 is 0 Å². The third-order valence-corrected chi connectivity index (χ3v) is 2.40.